The summed E-state index contributed by atoms with van der Waals surface area (Å²) in [5, 5.41) is 4.66. The Morgan fingerprint density at radius 2 is 1.82 bits per heavy atom. The van der Waals surface area contributed by atoms with Crippen molar-refractivity contribution in [1.82, 2.24) is 15.1 Å². The number of benzene rings is 1. The third-order valence-corrected chi connectivity index (χ3v) is 4.72. The van der Waals surface area contributed by atoms with Crippen molar-refractivity contribution in [3.05, 3.63) is 41.6 Å². The van der Waals surface area contributed by atoms with Crippen molar-refractivity contribution in [3.8, 4) is 0 Å². The molecule has 0 amide bonds. The number of rotatable bonds is 4. The fourth-order valence-corrected chi connectivity index (χ4v) is 3.31. The molecule has 4 rings (SSSR count). The number of nitrogens with zero attached hydrogens (tertiary/aromatic N) is 5. The molecular weight excluding hydrogens is 365 g/mol. The molecule has 0 atom stereocenters. The van der Waals surface area contributed by atoms with E-state index in [2.05, 4.69) is 24.9 Å². The molecule has 2 aromatic heterocycles. The number of hydrogen-bond donors (Lipinski definition) is 0. The summed E-state index contributed by atoms with van der Waals surface area (Å²) in [5.41, 5.74) is 1.91. The van der Waals surface area contributed by atoms with Crippen molar-refractivity contribution in [2.45, 2.75) is 13.8 Å². The van der Waals surface area contributed by atoms with Crippen LogP contribution in [0.2, 0.25) is 0 Å². The van der Waals surface area contributed by atoms with Crippen molar-refractivity contribution in [1.29, 1.82) is 0 Å². The molecule has 1 fully saturated rings. The van der Waals surface area contributed by atoms with Crippen LogP contribution in [0.25, 0.3) is 11.1 Å². The van der Waals surface area contributed by atoms with Crippen LogP contribution in [-0.2, 0) is 4.74 Å². The molecule has 28 heavy (non-hydrogen) atoms. The maximum absolute atomic E-state index is 13.2. The zero-order chi connectivity index (χ0) is 19.7. The molecule has 3 aromatic rings. The number of carbonyl (C=O) groups excluding carboxylic acids is 1. The smallest absolute Gasteiger partial charge is 0.376 e. The Morgan fingerprint density at radius 1 is 1.14 bits per heavy atom. The Hall–Kier alpha value is -3.23. The average Bonchev–Trinajstić information content (AvgIpc) is 3.09. The second-order valence-corrected chi connectivity index (χ2v) is 6.49. The summed E-state index contributed by atoms with van der Waals surface area (Å²) in [6, 6.07) is 6.47. The van der Waals surface area contributed by atoms with E-state index in [1.807, 2.05) is 6.92 Å². The van der Waals surface area contributed by atoms with E-state index in [4.69, 9.17) is 9.26 Å². The highest BCUT2D eigenvalue weighted by Crippen LogP contribution is 2.28. The van der Waals surface area contributed by atoms with Crippen LogP contribution >= 0.6 is 0 Å². The number of esters is 1. The minimum Gasteiger partial charge on any atom is -0.460 e. The molecule has 1 aliphatic rings. The van der Waals surface area contributed by atoms with E-state index in [0.717, 1.165) is 18.8 Å². The van der Waals surface area contributed by atoms with E-state index in [1.165, 1.54) is 12.1 Å². The molecule has 1 aliphatic heterocycles. The first-order valence-electron chi connectivity index (χ1n) is 9.13. The Labute approximate surface area is 160 Å². The molecule has 0 aliphatic carbocycles. The third-order valence-electron chi connectivity index (χ3n) is 4.72. The van der Waals surface area contributed by atoms with Gasteiger partial charge >= 0.3 is 5.97 Å². The van der Waals surface area contributed by atoms with Gasteiger partial charge in [-0.1, -0.05) is 5.16 Å². The molecule has 3 heterocycles. The van der Waals surface area contributed by atoms with Gasteiger partial charge in [-0.25, -0.2) is 14.2 Å². The van der Waals surface area contributed by atoms with Crippen LogP contribution in [0.1, 0.15) is 23.2 Å². The molecule has 146 valence electrons. The van der Waals surface area contributed by atoms with Crippen molar-refractivity contribution in [2.24, 2.45) is 0 Å². The highest BCUT2D eigenvalue weighted by Gasteiger charge is 2.26. The van der Waals surface area contributed by atoms with Gasteiger partial charge in [-0.05, 0) is 38.1 Å². The summed E-state index contributed by atoms with van der Waals surface area (Å²) in [6.07, 6.45) is 0. The van der Waals surface area contributed by atoms with Gasteiger partial charge in [0.1, 0.15) is 17.0 Å². The number of carbonyl (C=O) groups is 1. The molecule has 0 spiro atoms. The van der Waals surface area contributed by atoms with E-state index >= 15 is 0 Å². The lowest BCUT2D eigenvalue weighted by Crippen LogP contribution is -2.47. The number of hydrogen-bond acceptors (Lipinski definition) is 8. The number of ether oxygens (including phenoxy) is 1. The fourth-order valence-electron chi connectivity index (χ4n) is 3.31. The van der Waals surface area contributed by atoms with Gasteiger partial charge in [-0.3, -0.25) is 0 Å². The summed E-state index contributed by atoms with van der Waals surface area (Å²) in [4.78, 5) is 25.0. The molecule has 0 N–H and O–H groups in total. The molecule has 9 heteroatoms. The lowest BCUT2D eigenvalue weighted by Gasteiger charge is -2.36. The van der Waals surface area contributed by atoms with E-state index in [1.54, 1.807) is 19.1 Å². The normalized spacial score (nSPS) is 14.5. The maximum Gasteiger partial charge on any atom is 0.376 e. The monoisotopic (exact) mass is 385 g/mol. The number of piperazine rings is 1. The Balaban J connectivity index is 1.61. The predicted octanol–water partition coefficient (Wildman–Crippen LogP) is 2.57. The number of fused-ring (bicyclic) bond motifs is 1. The SMILES string of the molecule is CCOC(=O)c1nc(N2CCN(c3ccc(F)cc3)CC2)c2c(C)noc2n1. The van der Waals surface area contributed by atoms with Crippen LogP contribution in [0, 0.1) is 12.7 Å². The quantitative estimate of drug-likeness (QED) is 0.634. The van der Waals surface area contributed by atoms with E-state index < -0.39 is 5.97 Å². The summed E-state index contributed by atoms with van der Waals surface area (Å²) in [7, 11) is 0. The van der Waals surface area contributed by atoms with Gasteiger partial charge < -0.3 is 19.1 Å². The predicted molar refractivity (Wildman–Crippen MR) is 101 cm³/mol. The zero-order valence-electron chi connectivity index (χ0n) is 15.7. The third kappa shape index (κ3) is 3.35. The summed E-state index contributed by atoms with van der Waals surface area (Å²) < 4.78 is 23.5. The van der Waals surface area contributed by atoms with Crippen LogP contribution in [0.5, 0.6) is 0 Å². The van der Waals surface area contributed by atoms with Crippen LogP contribution in [-0.4, -0.2) is 53.9 Å². The van der Waals surface area contributed by atoms with E-state index in [-0.39, 0.29) is 24.0 Å². The second-order valence-electron chi connectivity index (χ2n) is 6.49. The van der Waals surface area contributed by atoms with Crippen LogP contribution in [0.15, 0.2) is 28.8 Å². The van der Waals surface area contributed by atoms with Crippen molar-refractivity contribution < 1.29 is 18.4 Å². The van der Waals surface area contributed by atoms with Gasteiger partial charge in [0.05, 0.1) is 12.3 Å². The summed E-state index contributed by atoms with van der Waals surface area (Å²) in [5.74, 6) is -0.267. The molecule has 1 saturated heterocycles. The first-order valence-corrected chi connectivity index (χ1v) is 9.13. The minimum absolute atomic E-state index is 0.0403. The number of aryl methyl sites for hydroxylation is 1. The molecule has 0 saturated carbocycles. The van der Waals surface area contributed by atoms with Gasteiger partial charge in [0.15, 0.2) is 0 Å². The van der Waals surface area contributed by atoms with Gasteiger partial charge in [0.2, 0.25) is 5.82 Å². The molecule has 1 aromatic carbocycles. The van der Waals surface area contributed by atoms with Crippen molar-refractivity contribution in [2.75, 3.05) is 42.6 Å². The van der Waals surface area contributed by atoms with Gasteiger partial charge in [0, 0.05) is 31.9 Å². The first kappa shape index (κ1) is 18.1. The highest BCUT2D eigenvalue weighted by atomic mass is 19.1. The molecule has 0 bridgehead atoms. The Bertz CT molecular complexity index is 997. The average molecular weight is 385 g/mol. The Kier molecular flexibility index (Phi) is 4.81. The number of anilines is 2. The van der Waals surface area contributed by atoms with Crippen LogP contribution in [0.4, 0.5) is 15.9 Å². The standard InChI is InChI=1S/C19H20FN5O3/c1-3-27-19(26)16-21-17(15-12(2)23-28-18(15)22-16)25-10-8-24(9-11-25)14-6-4-13(20)5-7-14/h4-7H,3,8-11H2,1-2H3. The van der Waals surface area contributed by atoms with Crippen molar-refractivity contribution >= 4 is 28.6 Å². The molecule has 0 unspecified atom stereocenters. The lowest BCUT2D eigenvalue weighted by atomic mass is 10.2. The molecule has 8 nitrogen and oxygen atoms in total. The number of aromatic nitrogens is 3. The topological polar surface area (TPSA) is 84.6 Å². The minimum atomic E-state index is -0.593. The second kappa shape index (κ2) is 7.41. The largest absolute Gasteiger partial charge is 0.460 e. The molecular formula is C19H20FN5O3. The first-order chi connectivity index (χ1) is 13.6. The summed E-state index contributed by atoms with van der Waals surface area (Å²) >= 11 is 0. The lowest BCUT2D eigenvalue weighted by molar-refractivity contribution is 0.0512. The van der Waals surface area contributed by atoms with E-state index in [0.29, 0.717) is 30.0 Å². The highest BCUT2D eigenvalue weighted by molar-refractivity contribution is 5.93. The van der Waals surface area contributed by atoms with E-state index in [9.17, 15) is 9.18 Å². The van der Waals surface area contributed by atoms with Gasteiger partial charge in [-0.15, -0.1) is 0 Å². The van der Waals surface area contributed by atoms with Crippen LogP contribution in [0.3, 0.4) is 0 Å². The number of halogens is 1. The van der Waals surface area contributed by atoms with Gasteiger partial charge in [-0.2, -0.15) is 4.98 Å². The van der Waals surface area contributed by atoms with Crippen molar-refractivity contribution in [3.63, 3.8) is 0 Å². The van der Waals surface area contributed by atoms with Gasteiger partial charge in [0.25, 0.3) is 5.71 Å². The Morgan fingerprint density at radius 3 is 2.50 bits per heavy atom. The molecule has 0 radical (unpaired) electrons. The fraction of sp³-hybridized carbons (Fsp3) is 0.368. The van der Waals surface area contributed by atoms with Crippen LogP contribution < -0.4 is 9.80 Å². The summed E-state index contributed by atoms with van der Waals surface area (Å²) in [6.45, 7) is 6.60. The zero-order valence-corrected chi connectivity index (χ0v) is 15.7. The maximum atomic E-state index is 13.2.